The third-order valence-corrected chi connectivity index (χ3v) is 4.24. The van der Waals surface area contributed by atoms with Gasteiger partial charge in [-0.15, -0.1) is 10.2 Å². The Bertz CT molecular complexity index is 567. The monoisotopic (exact) mass is 261 g/mol. The zero-order chi connectivity index (χ0) is 12.5. The molecule has 0 radical (unpaired) electrons. The van der Waals surface area contributed by atoms with Crippen LogP contribution in [-0.4, -0.2) is 16.8 Å². The summed E-state index contributed by atoms with van der Waals surface area (Å²) in [7, 11) is 0. The fourth-order valence-corrected chi connectivity index (χ4v) is 2.92. The Morgan fingerprint density at radius 2 is 2.33 bits per heavy atom. The van der Waals surface area contributed by atoms with E-state index >= 15 is 0 Å². The summed E-state index contributed by atoms with van der Waals surface area (Å²) in [6, 6.07) is 6.18. The number of benzene rings is 1. The standard InChI is InChI=1S/C13H15N3OS/c1-2-10(14)13-16-15-12(18-13)9-3-4-11-8(7-9)5-6-17-11/h3-4,7,10H,2,5-6,14H2,1H3. The van der Waals surface area contributed by atoms with Crippen LogP contribution in [0.1, 0.15) is 30.0 Å². The van der Waals surface area contributed by atoms with Gasteiger partial charge in [0.05, 0.1) is 12.6 Å². The quantitative estimate of drug-likeness (QED) is 0.922. The zero-order valence-corrected chi connectivity index (χ0v) is 11.0. The fourth-order valence-electron chi connectivity index (χ4n) is 2.00. The van der Waals surface area contributed by atoms with Crippen LogP contribution in [0.5, 0.6) is 5.75 Å². The van der Waals surface area contributed by atoms with E-state index in [1.54, 1.807) is 11.3 Å². The van der Waals surface area contributed by atoms with Crippen molar-refractivity contribution in [2.75, 3.05) is 6.61 Å². The lowest BCUT2D eigenvalue weighted by atomic mass is 10.1. The predicted octanol–water partition coefficient (Wildman–Crippen LogP) is 2.55. The number of nitrogens with zero attached hydrogens (tertiary/aromatic N) is 2. The molecular formula is C13H15N3OS. The van der Waals surface area contributed by atoms with Crippen LogP contribution in [0.25, 0.3) is 10.6 Å². The van der Waals surface area contributed by atoms with Crippen molar-refractivity contribution in [3.8, 4) is 16.3 Å². The highest BCUT2D eigenvalue weighted by Crippen LogP contribution is 2.32. The summed E-state index contributed by atoms with van der Waals surface area (Å²) in [6.45, 7) is 2.83. The second-order valence-electron chi connectivity index (χ2n) is 4.38. The number of rotatable bonds is 3. The fraction of sp³-hybridized carbons (Fsp3) is 0.385. The second-order valence-corrected chi connectivity index (χ2v) is 5.39. The van der Waals surface area contributed by atoms with Gasteiger partial charge in [0.25, 0.3) is 0 Å². The largest absolute Gasteiger partial charge is 0.493 e. The smallest absolute Gasteiger partial charge is 0.147 e. The van der Waals surface area contributed by atoms with Gasteiger partial charge in [-0.05, 0) is 30.2 Å². The van der Waals surface area contributed by atoms with Crippen molar-refractivity contribution in [3.63, 3.8) is 0 Å². The normalized spacial score (nSPS) is 15.2. The van der Waals surface area contributed by atoms with Gasteiger partial charge in [0.1, 0.15) is 15.8 Å². The first-order valence-corrected chi connectivity index (χ1v) is 6.94. The van der Waals surface area contributed by atoms with E-state index in [2.05, 4.69) is 23.2 Å². The van der Waals surface area contributed by atoms with E-state index in [-0.39, 0.29) is 6.04 Å². The SMILES string of the molecule is CCC(N)c1nnc(-c2ccc3c(c2)CCO3)s1. The molecule has 18 heavy (non-hydrogen) atoms. The number of nitrogens with two attached hydrogens (primary N) is 1. The molecule has 3 rings (SSSR count). The van der Waals surface area contributed by atoms with E-state index in [1.807, 2.05) is 12.1 Å². The van der Waals surface area contributed by atoms with E-state index in [0.717, 1.165) is 40.8 Å². The lowest BCUT2D eigenvalue weighted by Gasteiger charge is -2.01. The van der Waals surface area contributed by atoms with E-state index in [0.29, 0.717) is 0 Å². The summed E-state index contributed by atoms with van der Waals surface area (Å²) in [5, 5.41) is 10.2. The molecule has 1 unspecified atom stereocenters. The average Bonchev–Trinajstić information content (AvgIpc) is 3.05. The van der Waals surface area contributed by atoms with Crippen LogP contribution >= 0.6 is 11.3 Å². The summed E-state index contributed by atoms with van der Waals surface area (Å²) in [6.07, 6.45) is 1.86. The van der Waals surface area contributed by atoms with Gasteiger partial charge in [0, 0.05) is 12.0 Å². The molecule has 2 N–H and O–H groups in total. The first kappa shape index (κ1) is 11.6. The van der Waals surface area contributed by atoms with Crippen LogP contribution in [0, 0.1) is 0 Å². The molecule has 1 aliphatic rings. The Balaban J connectivity index is 1.92. The van der Waals surface area contributed by atoms with E-state index in [4.69, 9.17) is 10.5 Å². The van der Waals surface area contributed by atoms with Crippen LogP contribution in [0.15, 0.2) is 18.2 Å². The van der Waals surface area contributed by atoms with Crippen molar-refractivity contribution in [3.05, 3.63) is 28.8 Å². The highest BCUT2D eigenvalue weighted by molar-refractivity contribution is 7.14. The molecular weight excluding hydrogens is 246 g/mol. The Morgan fingerprint density at radius 1 is 1.44 bits per heavy atom. The number of fused-ring (bicyclic) bond motifs is 1. The molecule has 1 aromatic carbocycles. The van der Waals surface area contributed by atoms with Crippen LogP contribution in [0.2, 0.25) is 0 Å². The average molecular weight is 261 g/mol. The molecule has 0 spiro atoms. The maximum Gasteiger partial charge on any atom is 0.147 e. The van der Waals surface area contributed by atoms with Crippen molar-refractivity contribution in [2.24, 2.45) is 5.73 Å². The highest BCUT2D eigenvalue weighted by Gasteiger charge is 2.16. The molecule has 0 fully saturated rings. The van der Waals surface area contributed by atoms with Crippen LogP contribution in [0.3, 0.4) is 0 Å². The summed E-state index contributed by atoms with van der Waals surface area (Å²) < 4.78 is 5.50. The second kappa shape index (κ2) is 4.66. The molecule has 1 aromatic heterocycles. The first-order valence-electron chi connectivity index (χ1n) is 6.13. The highest BCUT2D eigenvalue weighted by atomic mass is 32.1. The summed E-state index contributed by atoms with van der Waals surface area (Å²) in [5.41, 5.74) is 8.32. The van der Waals surface area contributed by atoms with Crippen molar-refractivity contribution in [2.45, 2.75) is 25.8 Å². The first-order chi connectivity index (χ1) is 8.78. The Kier molecular flexibility index (Phi) is 3.01. The number of aromatic nitrogens is 2. The van der Waals surface area contributed by atoms with Crippen molar-refractivity contribution in [1.29, 1.82) is 0 Å². The minimum Gasteiger partial charge on any atom is -0.493 e. The Labute approximate surface area is 110 Å². The minimum absolute atomic E-state index is 0.00555. The van der Waals surface area contributed by atoms with Crippen LogP contribution in [0.4, 0.5) is 0 Å². The van der Waals surface area contributed by atoms with Gasteiger partial charge < -0.3 is 10.5 Å². The lowest BCUT2D eigenvalue weighted by Crippen LogP contribution is -2.07. The van der Waals surface area contributed by atoms with E-state index < -0.39 is 0 Å². The Hall–Kier alpha value is -1.46. The van der Waals surface area contributed by atoms with Crippen molar-refractivity contribution >= 4 is 11.3 Å². The molecule has 0 saturated carbocycles. The molecule has 0 bridgehead atoms. The summed E-state index contributed by atoms with van der Waals surface area (Å²) in [4.78, 5) is 0. The summed E-state index contributed by atoms with van der Waals surface area (Å²) >= 11 is 1.58. The topological polar surface area (TPSA) is 61.0 Å². The molecule has 0 amide bonds. The number of hydrogen-bond acceptors (Lipinski definition) is 5. The maximum atomic E-state index is 5.96. The number of hydrogen-bond donors (Lipinski definition) is 1. The molecule has 0 aliphatic carbocycles. The van der Waals surface area contributed by atoms with Gasteiger partial charge >= 0.3 is 0 Å². The van der Waals surface area contributed by atoms with E-state index in [1.165, 1.54) is 5.56 Å². The van der Waals surface area contributed by atoms with Gasteiger partial charge in [0.15, 0.2) is 0 Å². The van der Waals surface area contributed by atoms with Crippen molar-refractivity contribution < 1.29 is 4.74 Å². The zero-order valence-electron chi connectivity index (χ0n) is 10.2. The molecule has 0 saturated heterocycles. The molecule has 5 heteroatoms. The maximum absolute atomic E-state index is 5.96. The van der Waals surface area contributed by atoms with Crippen LogP contribution in [-0.2, 0) is 6.42 Å². The molecule has 1 atom stereocenters. The molecule has 94 valence electrons. The van der Waals surface area contributed by atoms with E-state index in [9.17, 15) is 0 Å². The number of ether oxygens (including phenoxy) is 1. The third kappa shape index (κ3) is 2.00. The predicted molar refractivity (Wildman–Crippen MR) is 71.8 cm³/mol. The third-order valence-electron chi connectivity index (χ3n) is 3.13. The minimum atomic E-state index is -0.00555. The van der Waals surface area contributed by atoms with Crippen LogP contribution < -0.4 is 10.5 Å². The lowest BCUT2D eigenvalue weighted by molar-refractivity contribution is 0.357. The van der Waals surface area contributed by atoms with Gasteiger partial charge in [-0.25, -0.2) is 0 Å². The Morgan fingerprint density at radius 3 is 3.17 bits per heavy atom. The van der Waals surface area contributed by atoms with Gasteiger partial charge in [0.2, 0.25) is 0 Å². The van der Waals surface area contributed by atoms with Gasteiger partial charge in [-0.1, -0.05) is 18.3 Å². The van der Waals surface area contributed by atoms with Crippen molar-refractivity contribution in [1.82, 2.24) is 10.2 Å². The van der Waals surface area contributed by atoms with Gasteiger partial charge in [-0.2, -0.15) is 0 Å². The molecule has 2 heterocycles. The molecule has 4 nitrogen and oxygen atoms in total. The van der Waals surface area contributed by atoms with Gasteiger partial charge in [-0.3, -0.25) is 0 Å². The molecule has 1 aliphatic heterocycles. The molecule has 2 aromatic rings. The summed E-state index contributed by atoms with van der Waals surface area (Å²) in [5.74, 6) is 0.994.